The van der Waals surface area contributed by atoms with Crippen molar-refractivity contribution in [3.8, 4) is 5.75 Å². The molecule has 0 fully saturated rings. The molecule has 1 heterocycles. The predicted octanol–water partition coefficient (Wildman–Crippen LogP) is 4.10. The van der Waals surface area contributed by atoms with Crippen LogP contribution in [0.1, 0.15) is 5.56 Å². The van der Waals surface area contributed by atoms with Crippen LogP contribution in [0.15, 0.2) is 48.5 Å². The van der Waals surface area contributed by atoms with Crippen LogP contribution in [0, 0.1) is 6.92 Å². The van der Waals surface area contributed by atoms with Crippen LogP contribution in [0.3, 0.4) is 0 Å². The fraction of sp³-hybridized carbons (Fsp3) is 0.188. The Kier molecular flexibility index (Phi) is 3.83. The zero-order chi connectivity index (χ0) is 13.8. The Morgan fingerprint density at radius 2 is 1.95 bits per heavy atom. The average molecular weight is 284 g/mol. The lowest BCUT2D eigenvalue weighted by Crippen LogP contribution is -2.11. The first kappa shape index (κ1) is 12.9. The lowest BCUT2D eigenvalue weighted by atomic mass is 10.2. The summed E-state index contributed by atoms with van der Waals surface area (Å²) in [4.78, 5) is 4.61. The van der Waals surface area contributed by atoms with Crippen molar-refractivity contribution >= 4 is 26.7 Å². The highest BCUT2D eigenvalue weighted by molar-refractivity contribution is 7.22. The van der Waals surface area contributed by atoms with Gasteiger partial charge in [-0.25, -0.2) is 4.98 Å². The first-order chi connectivity index (χ1) is 9.83. The minimum atomic E-state index is 0.624. The Balaban J connectivity index is 1.56. The fourth-order valence-corrected chi connectivity index (χ4v) is 2.97. The molecule has 102 valence electrons. The molecule has 3 nitrogen and oxygen atoms in total. The zero-order valence-corrected chi connectivity index (χ0v) is 12.1. The number of anilines is 1. The van der Waals surface area contributed by atoms with E-state index in [1.165, 1.54) is 10.3 Å². The summed E-state index contributed by atoms with van der Waals surface area (Å²) < 4.78 is 6.86. The number of hydrogen-bond donors (Lipinski definition) is 1. The van der Waals surface area contributed by atoms with Crippen molar-refractivity contribution in [2.24, 2.45) is 0 Å². The van der Waals surface area contributed by atoms with E-state index in [9.17, 15) is 0 Å². The van der Waals surface area contributed by atoms with Gasteiger partial charge >= 0.3 is 0 Å². The molecule has 3 aromatic rings. The zero-order valence-electron chi connectivity index (χ0n) is 11.3. The van der Waals surface area contributed by atoms with E-state index in [1.54, 1.807) is 11.3 Å². The van der Waals surface area contributed by atoms with Crippen molar-refractivity contribution in [2.75, 3.05) is 18.5 Å². The molecule has 0 saturated heterocycles. The number of rotatable bonds is 5. The van der Waals surface area contributed by atoms with Crippen LogP contribution in [-0.2, 0) is 0 Å². The van der Waals surface area contributed by atoms with Crippen LogP contribution < -0.4 is 10.1 Å². The summed E-state index contributed by atoms with van der Waals surface area (Å²) in [7, 11) is 0. The molecule has 3 rings (SSSR count). The highest BCUT2D eigenvalue weighted by atomic mass is 32.1. The molecule has 0 aliphatic heterocycles. The SMILES string of the molecule is Cc1cccc2sc(NCCOc3ccccc3)nc12. The minimum absolute atomic E-state index is 0.624. The topological polar surface area (TPSA) is 34.1 Å². The molecule has 0 bridgehead atoms. The van der Waals surface area contributed by atoms with Crippen molar-refractivity contribution in [3.63, 3.8) is 0 Å². The summed E-state index contributed by atoms with van der Waals surface area (Å²) in [5.74, 6) is 0.898. The van der Waals surface area contributed by atoms with Gasteiger partial charge in [-0.3, -0.25) is 0 Å². The third kappa shape index (κ3) is 2.91. The quantitative estimate of drug-likeness (QED) is 0.716. The van der Waals surface area contributed by atoms with Crippen molar-refractivity contribution < 1.29 is 4.74 Å². The second kappa shape index (κ2) is 5.92. The van der Waals surface area contributed by atoms with Crippen LogP contribution in [0.4, 0.5) is 5.13 Å². The third-order valence-electron chi connectivity index (χ3n) is 3.01. The van der Waals surface area contributed by atoms with Gasteiger partial charge < -0.3 is 10.1 Å². The summed E-state index contributed by atoms with van der Waals surface area (Å²) in [6.45, 7) is 3.46. The molecule has 1 N–H and O–H groups in total. The van der Waals surface area contributed by atoms with E-state index in [-0.39, 0.29) is 0 Å². The number of aryl methyl sites for hydroxylation is 1. The monoisotopic (exact) mass is 284 g/mol. The van der Waals surface area contributed by atoms with E-state index in [1.807, 2.05) is 30.3 Å². The largest absolute Gasteiger partial charge is 0.492 e. The number of aromatic nitrogens is 1. The lowest BCUT2D eigenvalue weighted by molar-refractivity contribution is 0.333. The first-order valence-corrected chi connectivity index (χ1v) is 7.42. The Hall–Kier alpha value is -2.07. The van der Waals surface area contributed by atoms with Gasteiger partial charge in [0.05, 0.1) is 16.8 Å². The Morgan fingerprint density at radius 1 is 1.10 bits per heavy atom. The van der Waals surface area contributed by atoms with Gasteiger partial charge in [0, 0.05) is 0 Å². The molecular formula is C16H16N2OS. The van der Waals surface area contributed by atoms with Crippen molar-refractivity contribution in [2.45, 2.75) is 6.92 Å². The maximum Gasteiger partial charge on any atom is 0.183 e. The van der Waals surface area contributed by atoms with Crippen molar-refractivity contribution in [1.82, 2.24) is 4.98 Å². The molecule has 2 aromatic carbocycles. The van der Waals surface area contributed by atoms with Gasteiger partial charge in [-0.15, -0.1) is 0 Å². The van der Waals surface area contributed by atoms with Gasteiger partial charge in [-0.1, -0.05) is 41.7 Å². The van der Waals surface area contributed by atoms with Crippen molar-refractivity contribution in [1.29, 1.82) is 0 Å². The molecule has 0 radical (unpaired) electrons. The average Bonchev–Trinajstić information content (AvgIpc) is 2.89. The van der Waals surface area contributed by atoms with E-state index in [0.717, 1.165) is 22.9 Å². The summed E-state index contributed by atoms with van der Waals surface area (Å²) in [6.07, 6.45) is 0. The van der Waals surface area contributed by atoms with Gasteiger partial charge in [0.15, 0.2) is 5.13 Å². The smallest absolute Gasteiger partial charge is 0.183 e. The molecule has 1 aromatic heterocycles. The molecule has 20 heavy (non-hydrogen) atoms. The molecule has 0 unspecified atom stereocenters. The molecule has 0 atom stereocenters. The highest BCUT2D eigenvalue weighted by Crippen LogP contribution is 2.27. The number of nitrogens with one attached hydrogen (secondary N) is 1. The van der Waals surface area contributed by atoms with E-state index < -0.39 is 0 Å². The number of nitrogens with zero attached hydrogens (tertiary/aromatic N) is 1. The molecule has 0 aliphatic carbocycles. The maximum absolute atomic E-state index is 5.64. The number of hydrogen-bond acceptors (Lipinski definition) is 4. The van der Waals surface area contributed by atoms with E-state index >= 15 is 0 Å². The normalized spacial score (nSPS) is 10.7. The second-order valence-electron chi connectivity index (χ2n) is 4.53. The van der Waals surface area contributed by atoms with Gasteiger partial charge in [0.25, 0.3) is 0 Å². The standard InChI is InChI=1S/C16H16N2OS/c1-12-6-5-9-14-15(12)18-16(20-14)17-10-11-19-13-7-3-2-4-8-13/h2-9H,10-11H2,1H3,(H,17,18). The number of thiazole rings is 1. The minimum Gasteiger partial charge on any atom is -0.492 e. The summed E-state index contributed by atoms with van der Waals surface area (Å²) >= 11 is 1.68. The molecule has 0 saturated carbocycles. The third-order valence-corrected chi connectivity index (χ3v) is 3.99. The summed E-state index contributed by atoms with van der Waals surface area (Å²) in [5, 5.41) is 4.26. The molecule has 0 amide bonds. The van der Waals surface area contributed by atoms with E-state index in [2.05, 4.69) is 35.4 Å². The van der Waals surface area contributed by atoms with Crippen LogP contribution in [0.2, 0.25) is 0 Å². The predicted molar refractivity (Wildman–Crippen MR) is 84.8 cm³/mol. The summed E-state index contributed by atoms with van der Waals surface area (Å²) in [6, 6.07) is 16.1. The molecule has 0 aliphatic rings. The van der Waals surface area contributed by atoms with Gasteiger partial charge in [-0.2, -0.15) is 0 Å². The van der Waals surface area contributed by atoms with Crippen LogP contribution in [0.25, 0.3) is 10.2 Å². The van der Waals surface area contributed by atoms with E-state index in [4.69, 9.17) is 4.74 Å². The van der Waals surface area contributed by atoms with Crippen LogP contribution in [0.5, 0.6) is 5.75 Å². The van der Waals surface area contributed by atoms with Gasteiger partial charge in [0.1, 0.15) is 12.4 Å². The first-order valence-electron chi connectivity index (χ1n) is 6.61. The van der Waals surface area contributed by atoms with Crippen molar-refractivity contribution in [3.05, 3.63) is 54.1 Å². The van der Waals surface area contributed by atoms with E-state index in [0.29, 0.717) is 6.61 Å². The Bertz CT molecular complexity index is 694. The van der Waals surface area contributed by atoms with Gasteiger partial charge in [-0.05, 0) is 30.7 Å². The molecular weight excluding hydrogens is 268 g/mol. The Morgan fingerprint density at radius 3 is 2.75 bits per heavy atom. The van der Waals surface area contributed by atoms with Crippen LogP contribution in [-0.4, -0.2) is 18.1 Å². The maximum atomic E-state index is 5.64. The number of ether oxygens (including phenoxy) is 1. The highest BCUT2D eigenvalue weighted by Gasteiger charge is 2.04. The Labute approximate surface area is 122 Å². The summed E-state index contributed by atoms with van der Waals surface area (Å²) in [5.41, 5.74) is 2.30. The number of fused-ring (bicyclic) bond motifs is 1. The lowest BCUT2D eigenvalue weighted by Gasteiger charge is -2.06. The fourth-order valence-electron chi connectivity index (χ4n) is 2.01. The molecule has 4 heteroatoms. The van der Waals surface area contributed by atoms with Gasteiger partial charge in [0.2, 0.25) is 0 Å². The number of benzene rings is 2. The second-order valence-corrected chi connectivity index (χ2v) is 5.56. The van der Waals surface area contributed by atoms with Crippen LogP contribution >= 0.6 is 11.3 Å². The molecule has 0 spiro atoms. The number of para-hydroxylation sites is 2.